The van der Waals surface area contributed by atoms with Crippen molar-refractivity contribution in [3.05, 3.63) is 36.0 Å². The van der Waals surface area contributed by atoms with Gasteiger partial charge in [-0.3, -0.25) is 0 Å². The zero-order valence-electron chi connectivity index (χ0n) is 14.4. The van der Waals surface area contributed by atoms with Gasteiger partial charge in [0.25, 0.3) is 0 Å². The maximum atomic E-state index is 12.3. The van der Waals surface area contributed by atoms with Crippen molar-refractivity contribution in [3.8, 4) is 0 Å². The molecule has 0 unspecified atom stereocenters. The third-order valence-electron chi connectivity index (χ3n) is 5.14. The van der Waals surface area contributed by atoms with Crippen molar-refractivity contribution < 1.29 is 14.3 Å². The van der Waals surface area contributed by atoms with Gasteiger partial charge in [-0.05, 0) is 30.4 Å². The highest BCUT2D eigenvalue weighted by atomic mass is 16.6. The first-order valence-electron chi connectivity index (χ1n) is 9.09. The number of carbonyl (C=O) groups is 1. The molecule has 0 saturated carbocycles. The van der Waals surface area contributed by atoms with Gasteiger partial charge >= 0.3 is 6.03 Å². The van der Waals surface area contributed by atoms with E-state index in [9.17, 15) is 4.79 Å². The van der Waals surface area contributed by atoms with Gasteiger partial charge in [0.1, 0.15) is 0 Å². The molecule has 0 bridgehead atoms. The Kier molecular flexibility index (Phi) is 4.90. The van der Waals surface area contributed by atoms with Crippen LogP contribution in [0.25, 0.3) is 10.9 Å². The molecule has 1 aromatic carbocycles. The minimum Gasteiger partial charge on any atom is -0.376 e. The Morgan fingerprint density at radius 1 is 1.24 bits per heavy atom. The molecular formula is C19H25N3O3. The summed E-state index contributed by atoms with van der Waals surface area (Å²) in [5.41, 5.74) is 2.47. The second kappa shape index (κ2) is 7.45. The van der Waals surface area contributed by atoms with Gasteiger partial charge in [0, 0.05) is 36.8 Å². The lowest BCUT2D eigenvalue weighted by Gasteiger charge is -2.32. The molecule has 3 heterocycles. The smallest absolute Gasteiger partial charge is 0.317 e. The monoisotopic (exact) mass is 343 g/mol. The van der Waals surface area contributed by atoms with Crippen molar-refractivity contribution in [2.45, 2.75) is 24.9 Å². The summed E-state index contributed by atoms with van der Waals surface area (Å²) in [6.07, 6.45) is 1.95. The fraction of sp³-hybridized carbons (Fsp3) is 0.526. The third-order valence-corrected chi connectivity index (χ3v) is 5.14. The molecule has 0 radical (unpaired) electrons. The van der Waals surface area contributed by atoms with Gasteiger partial charge in [-0.2, -0.15) is 0 Å². The average molecular weight is 343 g/mol. The topological polar surface area (TPSA) is 66.6 Å². The maximum Gasteiger partial charge on any atom is 0.317 e. The summed E-state index contributed by atoms with van der Waals surface area (Å²) in [4.78, 5) is 17.8. The molecule has 1 atom stereocenters. The number of likely N-dealkylation sites (tertiary alicyclic amines) is 1. The first-order chi connectivity index (χ1) is 12.3. The van der Waals surface area contributed by atoms with Crippen LogP contribution in [0.15, 0.2) is 30.3 Å². The molecule has 25 heavy (non-hydrogen) atoms. The number of fused-ring (bicyclic) bond motifs is 1. The molecule has 6 nitrogen and oxygen atoms in total. The molecule has 2 fully saturated rings. The Labute approximate surface area is 147 Å². The van der Waals surface area contributed by atoms with E-state index in [0.29, 0.717) is 32.3 Å². The van der Waals surface area contributed by atoms with Gasteiger partial charge < -0.3 is 24.7 Å². The van der Waals surface area contributed by atoms with Crippen LogP contribution in [0.4, 0.5) is 4.79 Å². The molecule has 2 aliphatic rings. The van der Waals surface area contributed by atoms with Gasteiger partial charge in [0.2, 0.25) is 0 Å². The highest BCUT2D eigenvalue weighted by Crippen LogP contribution is 2.29. The number of rotatable bonds is 3. The van der Waals surface area contributed by atoms with Crippen molar-refractivity contribution in [1.82, 2.24) is 15.2 Å². The number of amides is 2. The van der Waals surface area contributed by atoms with Crippen LogP contribution in [0.1, 0.15) is 24.5 Å². The van der Waals surface area contributed by atoms with Gasteiger partial charge in [0.05, 0.1) is 25.9 Å². The number of hydrogen-bond acceptors (Lipinski definition) is 3. The maximum absolute atomic E-state index is 12.3. The van der Waals surface area contributed by atoms with E-state index in [1.165, 1.54) is 16.6 Å². The van der Waals surface area contributed by atoms with E-state index in [4.69, 9.17) is 9.47 Å². The van der Waals surface area contributed by atoms with Crippen LogP contribution in [-0.4, -0.2) is 61.5 Å². The number of piperidine rings is 1. The molecule has 2 aromatic rings. The molecule has 2 saturated heterocycles. The number of aromatic amines is 1. The molecular weight excluding hydrogens is 318 g/mol. The fourth-order valence-electron chi connectivity index (χ4n) is 3.68. The number of para-hydroxylation sites is 1. The molecule has 2 aliphatic heterocycles. The second-order valence-electron chi connectivity index (χ2n) is 6.83. The molecule has 0 aliphatic carbocycles. The Bertz CT molecular complexity index is 683. The molecule has 2 N–H and O–H groups in total. The number of nitrogens with zero attached hydrogens (tertiary/aromatic N) is 1. The number of nitrogens with one attached hydrogen (secondary N) is 2. The van der Waals surface area contributed by atoms with E-state index in [-0.39, 0.29) is 12.1 Å². The lowest BCUT2D eigenvalue weighted by atomic mass is 9.94. The third kappa shape index (κ3) is 3.80. The molecule has 4 rings (SSSR count). The van der Waals surface area contributed by atoms with Crippen LogP contribution in [-0.2, 0) is 9.47 Å². The van der Waals surface area contributed by atoms with Crippen LogP contribution in [0, 0.1) is 0 Å². The summed E-state index contributed by atoms with van der Waals surface area (Å²) in [6, 6.07) is 10.6. The van der Waals surface area contributed by atoms with Gasteiger partial charge in [0.15, 0.2) is 0 Å². The SMILES string of the molecule is O=C(NC[C@H]1COCCO1)N1CCC(c2cc3ccccc3[nH]2)CC1. The molecule has 0 spiro atoms. The fourth-order valence-corrected chi connectivity index (χ4v) is 3.68. The standard InChI is InChI=1S/C19H25N3O3/c23-19(20-12-16-13-24-9-10-25-16)22-7-5-14(6-8-22)18-11-15-3-1-2-4-17(15)21-18/h1-4,11,14,16,21H,5-10,12-13H2,(H,20,23)/t16-/m0/s1. The number of carbonyl (C=O) groups excluding carboxylic acids is 1. The number of aromatic nitrogens is 1. The summed E-state index contributed by atoms with van der Waals surface area (Å²) < 4.78 is 10.9. The van der Waals surface area contributed by atoms with Gasteiger partial charge in [-0.25, -0.2) is 4.79 Å². The summed E-state index contributed by atoms with van der Waals surface area (Å²) in [5, 5.41) is 4.23. The molecule has 2 amide bonds. The summed E-state index contributed by atoms with van der Waals surface area (Å²) in [6.45, 7) is 3.90. The lowest BCUT2D eigenvalue weighted by Crippen LogP contribution is -2.47. The minimum absolute atomic E-state index is 0.00395. The van der Waals surface area contributed by atoms with E-state index < -0.39 is 0 Å². The Morgan fingerprint density at radius 3 is 2.84 bits per heavy atom. The van der Waals surface area contributed by atoms with Crippen LogP contribution < -0.4 is 5.32 Å². The molecule has 6 heteroatoms. The number of hydrogen-bond donors (Lipinski definition) is 2. The number of H-pyrrole nitrogens is 1. The summed E-state index contributed by atoms with van der Waals surface area (Å²) >= 11 is 0. The molecule has 134 valence electrons. The number of urea groups is 1. The first kappa shape index (κ1) is 16.4. The van der Waals surface area contributed by atoms with E-state index in [0.717, 1.165) is 25.9 Å². The largest absolute Gasteiger partial charge is 0.376 e. The van der Waals surface area contributed by atoms with E-state index in [1.807, 2.05) is 4.90 Å². The minimum atomic E-state index is -0.0263. The lowest BCUT2D eigenvalue weighted by molar-refractivity contribution is -0.0856. The normalized spacial score (nSPS) is 22.2. The van der Waals surface area contributed by atoms with E-state index in [1.54, 1.807) is 0 Å². The summed E-state index contributed by atoms with van der Waals surface area (Å²) in [7, 11) is 0. The number of ether oxygens (including phenoxy) is 2. The highest BCUT2D eigenvalue weighted by Gasteiger charge is 2.25. The quantitative estimate of drug-likeness (QED) is 0.900. The summed E-state index contributed by atoms with van der Waals surface area (Å²) in [5.74, 6) is 0.492. The Balaban J connectivity index is 1.28. The first-order valence-corrected chi connectivity index (χ1v) is 9.09. The van der Waals surface area contributed by atoms with Crippen LogP contribution in [0.5, 0.6) is 0 Å². The molecule has 1 aromatic heterocycles. The van der Waals surface area contributed by atoms with Gasteiger partial charge in [-0.1, -0.05) is 18.2 Å². The predicted octanol–water partition coefficient (Wildman–Crippen LogP) is 2.47. The Hall–Kier alpha value is -2.05. The van der Waals surface area contributed by atoms with Gasteiger partial charge in [-0.15, -0.1) is 0 Å². The second-order valence-corrected chi connectivity index (χ2v) is 6.83. The zero-order chi connectivity index (χ0) is 17.1. The van der Waals surface area contributed by atoms with E-state index in [2.05, 4.69) is 40.6 Å². The Morgan fingerprint density at radius 2 is 2.08 bits per heavy atom. The zero-order valence-corrected chi connectivity index (χ0v) is 14.4. The average Bonchev–Trinajstić information content (AvgIpc) is 3.11. The van der Waals surface area contributed by atoms with Crippen molar-refractivity contribution in [2.24, 2.45) is 0 Å². The van der Waals surface area contributed by atoms with Crippen molar-refractivity contribution in [2.75, 3.05) is 39.5 Å². The van der Waals surface area contributed by atoms with Crippen LogP contribution in [0.3, 0.4) is 0 Å². The van der Waals surface area contributed by atoms with Crippen molar-refractivity contribution >= 4 is 16.9 Å². The van der Waals surface area contributed by atoms with E-state index >= 15 is 0 Å². The van der Waals surface area contributed by atoms with Crippen molar-refractivity contribution in [1.29, 1.82) is 0 Å². The van der Waals surface area contributed by atoms with Crippen LogP contribution >= 0.6 is 0 Å². The van der Waals surface area contributed by atoms with Crippen LogP contribution in [0.2, 0.25) is 0 Å². The predicted molar refractivity (Wildman–Crippen MR) is 95.8 cm³/mol. The number of benzene rings is 1. The van der Waals surface area contributed by atoms with Crippen molar-refractivity contribution in [3.63, 3.8) is 0 Å². The highest BCUT2D eigenvalue weighted by molar-refractivity contribution is 5.80.